The fourth-order valence-electron chi connectivity index (χ4n) is 1.98. The van der Waals surface area contributed by atoms with E-state index in [0.717, 1.165) is 19.4 Å². The van der Waals surface area contributed by atoms with Crippen molar-refractivity contribution in [2.24, 2.45) is 5.92 Å². The van der Waals surface area contributed by atoms with Crippen LogP contribution in [0.3, 0.4) is 0 Å². The molecule has 0 saturated heterocycles. The van der Waals surface area contributed by atoms with Crippen molar-refractivity contribution in [1.29, 1.82) is 0 Å². The lowest BCUT2D eigenvalue weighted by atomic mass is 9.84. The molecule has 4 nitrogen and oxygen atoms in total. The van der Waals surface area contributed by atoms with Crippen LogP contribution in [0.4, 0.5) is 0 Å². The molecule has 0 atom stereocenters. The van der Waals surface area contributed by atoms with Crippen molar-refractivity contribution < 1.29 is 9.32 Å². The minimum absolute atomic E-state index is 0.0308. The number of hydrogen-bond acceptors (Lipinski definition) is 3. The van der Waals surface area contributed by atoms with Crippen LogP contribution >= 0.6 is 11.6 Å². The number of halogens is 1. The van der Waals surface area contributed by atoms with Gasteiger partial charge < -0.3 is 9.42 Å². The molecule has 0 aliphatic heterocycles. The van der Waals surface area contributed by atoms with E-state index in [9.17, 15) is 4.79 Å². The van der Waals surface area contributed by atoms with Gasteiger partial charge in [0.25, 0.3) is 5.91 Å². The number of alkyl halides is 1. The van der Waals surface area contributed by atoms with Gasteiger partial charge in [-0.15, -0.1) is 11.6 Å². The molecule has 0 bridgehead atoms. The molecule has 0 spiro atoms. The summed E-state index contributed by atoms with van der Waals surface area (Å²) in [6.07, 6.45) is 3.48. The largest absolute Gasteiger partial charge is 0.361 e. The highest BCUT2D eigenvalue weighted by atomic mass is 35.5. The van der Waals surface area contributed by atoms with Crippen LogP contribution in [-0.4, -0.2) is 34.9 Å². The molecule has 2 rings (SSSR count). The summed E-state index contributed by atoms with van der Waals surface area (Å²) in [6.45, 7) is 2.50. The molecule has 0 radical (unpaired) electrons. The lowest BCUT2D eigenvalue weighted by Crippen LogP contribution is -2.38. The summed E-state index contributed by atoms with van der Waals surface area (Å²) < 4.78 is 4.88. The quantitative estimate of drug-likeness (QED) is 0.763. The third-order valence-corrected chi connectivity index (χ3v) is 3.39. The van der Waals surface area contributed by atoms with E-state index >= 15 is 0 Å². The molecule has 1 heterocycles. The molecule has 0 aromatic carbocycles. The summed E-state index contributed by atoms with van der Waals surface area (Å²) in [5, 5.41) is 3.90. The Kier molecular flexibility index (Phi) is 3.19. The van der Waals surface area contributed by atoms with E-state index in [2.05, 4.69) is 5.16 Å². The zero-order valence-electron chi connectivity index (χ0n) is 9.44. The Morgan fingerprint density at radius 3 is 2.88 bits per heavy atom. The molecular weight excluding hydrogens is 228 g/mol. The summed E-state index contributed by atoms with van der Waals surface area (Å²) in [4.78, 5) is 13.7. The lowest BCUT2D eigenvalue weighted by Gasteiger charge is -2.33. The number of aromatic nitrogens is 1. The summed E-state index contributed by atoms with van der Waals surface area (Å²) in [7, 11) is 1.80. The maximum Gasteiger partial charge on any atom is 0.258 e. The van der Waals surface area contributed by atoms with Crippen LogP contribution in [0.5, 0.6) is 0 Å². The minimum Gasteiger partial charge on any atom is -0.361 e. The van der Waals surface area contributed by atoms with Crippen LogP contribution < -0.4 is 0 Å². The smallest absolute Gasteiger partial charge is 0.258 e. The average molecular weight is 243 g/mol. The molecule has 1 saturated carbocycles. The number of nitrogens with zero attached hydrogens (tertiary/aromatic N) is 2. The second kappa shape index (κ2) is 4.45. The van der Waals surface area contributed by atoms with E-state index in [1.165, 1.54) is 6.20 Å². The van der Waals surface area contributed by atoms with Crippen molar-refractivity contribution in [3.8, 4) is 0 Å². The molecule has 5 heteroatoms. The number of aryl methyl sites for hydroxylation is 1. The first-order chi connectivity index (χ1) is 7.58. The normalized spacial score (nSPS) is 23.9. The number of carbonyl (C=O) groups excluding carboxylic acids is 1. The molecule has 88 valence electrons. The Hall–Kier alpha value is -1.03. The Labute approximate surface area is 99.5 Å². The summed E-state index contributed by atoms with van der Waals surface area (Å²) in [5.74, 6) is 1.08. The highest BCUT2D eigenvalue weighted by molar-refractivity contribution is 6.21. The van der Waals surface area contributed by atoms with Crippen molar-refractivity contribution in [3.63, 3.8) is 0 Å². The maximum absolute atomic E-state index is 12.0. The zero-order chi connectivity index (χ0) is 11.7. The molecular formula is C11H15ClN2O2. The molecule has 1 aromatic heterocycles. The first-order valence-electron chi connectivity index (χ1n) is 5.38. The van der Waals surface area contributed by atoms with Gasteiger partial charge in [0, 0.05) is 19.0 Å². The van der Waals surface area contributed by atoms with Gasteiger partial charge in [-0.25, -0.2) is 0 Å². The number of rotatable bonds is 3. The van der Waals surface area contributed by atoms with E-state index in [1.807, 2.05) is 0 Å². The molecule has 0 unspecified atom stereocenters. The van der Waals surface area contributed by atoms with Gasteiger partial charge in [-0.2, -0.15) is 0 Å². The van der Waals surface area contributed by atoms with Gasteiger partial charge in [-0.3, -0.25) is 4.79 Å². The van der Waals surface area contributed by atoms with E-state index in [-0.39, 0.29) is 5.91 Å². The molecule has 1 aliphatic rings. The highest BCUT2D eigenvalue weighted by Gasteiger charge is 2.29. The van der Waals surface area contributed by atoms with E-state index < -0.39 is 0 Å². The summed E-state index contributed by atoms with van der Waals surface area (Å²) in [6, 6.07) is 0. The van der Waals surface area contributed by atoms with Gasteiger partial charge in [0.2, 0.25) is 0 Å². The third-order valence-electron chi connectivity index (χ3n) is 3.04. The molecule has 0 N–H and O–H groups in total. The Morgan fingerprint density at radius 1 is 1.69 bits per heavy atom. The first-order valence-corrected chi connectivity index (χ1v) is 5.82. The first kappa shape index (κ1) is 11.5. The monoisotopic (exact) mass is 242 g/mol. The summed E-state index contributed by atoms with van der Waals surface area (Å²) in [5.41, 5.74) is 0.546. The Bertz CT molecular complexity index is 385. The molecule has 1 fully saturated rings. The lowest BCUT2D eigenvalue weighted by molar-refractivity contribution is 0.0745. The van der Waals surface area contributed by atoms with Crippen molar-refractivity contribution in [3.05, 3.63) is 17.5 Å². The average Bonchev–Trinajstić information content (AvgIpc) is 2.61. The van der Waals surface area contributed by atoms with E-state index in [4.69, 9.17) is 16.1 Å². The van der Waals surface area contributed by atoms with Crippen molar-refractivity contribution in [2.75, 3.05) is 13.6 Å². The van der Waals surface area contributed by atoms with Gasteiger partial charge in [0.05, 0.1) is 6.20 Å². The van der Waals surface area contributed by atoms with Gasteiger partial charge in [0.15, 0.2) is 0 Å². The fourth-order valence-corrected chi connectivity index (χ4v) is 2.49. The standard InChI is InChI=1S/C11H15ClN2O2/c1-7-10(5-13-16-7)11(15)14(2)6-8-3-9(12)4-8/h5,8-9H,3-4,6H2,1-2H3. The highest BCUT2D eigenvalue weighted by Crippen LogP contribution is 2.32. The maximum atomic E-state index is 12.0. The Morgan fingerprint density at radius 2 is 2.38 bits per heavy atom. The van der Waals surface area contributed by atoms with E-state index in [1.54, 1.807) is 18.9 Å². The predicted octanol–water partition coefficient (Wildman–Crippen LogP) is 2.07. The van der Waals surface area contributed by atoms with Crippen LogP contribution in [0.1, 0.15) is 29.0 Å². The topological polar surface area (TPSA) is 46.3 Å². The second-order valence-corrected chi connectivity index (χ2v) is 5.03. The van der Waals surface area contributed by atoms with E-state index in [0.29, 0.717) is 22.6 Å². The van der Waals surface area contributed by atoms with Gasteiger partial charge in [0.1, 0.15) is 11.3 Å². The number of carbonyl (C=O) groups is 1. The molecule has 1 amide bonds. The van der Waals surface area contributed by atoms with Crippen LogP contribution in [0.25, 0.3) is 0 Å². The third kappa shape index (κ3) is 2.21. The summed E-state index contributed by atoms with van der Waals surface area (Å²) >= 11 is 5.90. The van der Waals surface area contributed by atoms with Crippen molar-refractivity contribution >= 4 is 17.5 Å². The zero-order valence-corrected chi connectivity index (χ0v) is 10.2. The second-order valence-electron chi connectivity index (χ2n) is 4.42. The van der Waals surface area contributed by atoms with Gasteiger partial charge in [-0.1, -0.05) is 5.16 Å². The van der Waals surface area contributed by atoms with Crippen molar-refractivity contribution in [2.45, 2.75) is 25.1 Å². The predicted molar refractivity (Wildman–Crippen MR) is 60.6 cm³/mol. The van der Waals surface area contributed by atoms with Crippen LogP contribution in [0, 0.1) is 12.8 Å². The van der Waals surface area contributed by atoms with Gasteiger partial charge in [-0.05, 0) is 25.7 Å². The van der Waals surface area contributed by atoms with Crippen LogP contribution in [0.2, 0.25) is 0 Å². The number of hydrogen-bond donors (Lipinski definition) is 0. The molecule has 16 heavy (non-hydrogen) atoms. The fraction of sp³-hybridized carbons (Fsp3) is 0.636. The minimum atomic E-state index is -0.0308. The molecule has 1 aromatic rings. The van der Waals surface area contributed by atoms with Crippen LogP contribution in [-0.2, 0) is 0 Å². The molecule has 1 aliphatic carbocycles. The van der Waals surface area contributed by atoms with Crippen LogP contribution in [0.15, 0.2) is 10.7 Å². The number of amides is 1. The Balaban J connectivity index is 1.92. The SMILES string of the molecule is Cc1oncc1C(=O)N(C)CC1CC(Cl)C1. The van der Waals surface area contributed by atoms with Crippen molar-refractivity contribution in [1.82, 2.24) is 10.1 Å². The van der Waals surface area contributed by atoms with Gasteiger partial charge >= 0.3 is 0 Å².